The largest absolute Gasteiger partial charge is 0.467 e. The summed E-state index contributed by atoms with van der Waals surface area (Å²) in [5.41, 5.74) is 4.37. The molecular weight excluding hydrogens is 336 g/mol. The van der Waals surface area contributed by atoms with Gasteiger partial charge in [0.15, 0.2) is 0 Å². The highest BCUT2D eigenvalue weighted by Gasteiger charge is 2.11. The molecule has 0 radical (unpaired) electrons. The Morgan fingerprint density at radius 2 is 2.20 bits per heavy atom. The van der Waals surface area contributed by atoms with Crippen molar-refractivity contribution in [2.24, 2.45) is 4.99 Å². The number of aromatic nitrogens is 4. The van der Waals surface area contributed by atoms with Crippen molar-refractivity contribution in [2.45, 2.75) is 6.92 Å². The predicted molar refractivity (Wildman–Crippen MR) is 102 cm³/mol. The maximum atomic E-state index is 4.94. The Morgan fingerprint density at radius 1 is 1.40 bits per heavy atom. The second-order valence-corrected chi connectivity index (χ2v) is 5.94. The summed E-state index contributed by atoms with van der Waals surface area (Å²) in [5.74, 6) is 0.643. The van der Waals surface area contributed by atoms with Gasteiger partial charge in [0, 0.05) is 11.6 Å². The Bertz CT molecular complexity index is 903. The van der Waals surface area contributed by atoms with Crippen molar-refractivity contribution in [3.05, 3.63) is 53.6 Å². The smallest absolute Gasteiger partial charge is 0.316 e. The fourth-order valence-electron chi connectivity index (χ4n) is 2.35. The van der Waals surface area contributed by atoms with Gasteiger partial charge < -0.3 is 10.1 Å². The minimum atomic E-state index is 0.347. The van der Waals surface area contributed by atoms with E-state index >= 15 is 0 Å². The average Bonchev–Trinajstić information content (AvgIpc) is 2.98. The third kappa shape index (κ3) is 3.80. The lowest BCUT2D eigenvalue weighted by atomic mass is 10.3. The highest BCUT2D eigenvalue weighted by Crippen LogP contribution is 2.24. The summed E-state index contributed by atoms with van der Waals surface area (Å²) in [7, 11) is 1.54. The van der Waals surface area contributed by atoms with Crippen molar-refractivity contribution in [1.29, 1.82) is 0 Å². The third-order valence-electron chi connectivity index (χ3n) is 3.48. The van der Waals surface area contributed by atoms with Crippen LogP contribution in [0.3, 0.4) is 0 Å². The van der Waals surface area contributed by atoms with E-state index in [4.69, 9.17) is 4.74 Å². The van der Waals surface area contributed by atoms with Gasteiger partial charge in [-0.2, -0.15) is 0 Å². The molecule has 3 heterocycles. The van der Waals surface area contributed by atoms with E-state index in [1.54, 1.807) is 24.2 Å². The van der Waals surface area contributed by atoms with Crippen LogP contribution in [0.15, 0.2) is 47.2 Å². The molecule has 0 amide bonds. The molecule has 0 atom stereocenters. The number of pyridine rings is 1. The van der Waals surface area contributed by atoms with Crippen LogP contribution < -0.4 is 10.1 Å². The van der Waals surface area contributed by atoms with Crippen molar-refractivity contribution in [3.63, 3.8) is 0 Å². The zero-order chi connectivity index (χ0) is 17.6. The molecule has 25 heavy (non-hydrogen) atoms. The fourth-order valence-corrected chi connectivity index (χ4v) is 3.03. The first-order chi connectivity index (χ1) is 12.2. The quantitative estimate of drug-likeness (QED) is 0.399. The van der Waals surface area contributed by atoms with Gasteiger partial charge in [-0.25, -0.2) is 15.0 Å². The van der Waals surface area contributed by atoms with Gasteiger partial charge in [0.2, 0.25) is 0 Å². The van der Waals surface area contributed by atoms with Crippen LogP contribution in [0.4, 0.5) is 5.69 Å². The summed E-state index contributed by atoms with van der Waals surface area (Å²) in [6.45, 7) is 5.67. The summed E-state index contributed by atoms with van der Waals surface area (Å²) >= 11 is 1.57. The minimum absolute atomic E-state index is 0.347. The maximum Gasteiger partial charge on any atom is 0.316 e. The summed E-state index contributed by atoms with van der Waals surface area (Å²) in [5, 5.41) is 5.19. The molecule has 0 saturated heterocycles. The van der Waals surface area contributed by atoms with Crippen LogP contribution in [0.5, 0.6) is 6.01 Å². The summed E-state index contributed by atoms with van der Waals surface area (Å²) in [6, 6.07) is 6.25. The van der Waals surface area contributed by atoms with Crippen LogP contribution in [0.2, 0.25) is 0 Å². The molecule has 128 valence electrons. The van der Waals surface area contributed by atoms with Crippen molar-refractivity contribution in [3.8, 4) is 6.01 Å². The number of hydrogen-bond donors (Lipinski definition) is 1. The van der Waals surface area contributed by atoms with Crippen LogP contribution in [0, 0.1) is 6.92 Å². The number of methoxy groups -OCH3 is 1. The molecular formula is C17H18N6OS. The molecule has 0 aliphatic carbocycles. The molecule has 1 N–H and O–H groups in total. The SMILES string of the molecule is C=N/C(=C\SCNc1cnc(OC)nc1)c1c(C)nc2ccccn12. The number of aryl methyl sites for hydroxylation is 1. The molecule has 0 bridgehead atoms. The number of fused-ring (bicyclic) bond motifs is 1. The normalized spacial score (nSPS) is 11.5. The highest BCUT2D eigenvalue weighted by atomic mass is 32.2. The van der Waals surface area contributed by atoms with Crippen LogP contribution in [-0.4, -0.2) is 39.1 Å². The first-order valence-electron chi connectivity index (χ1n) is 7.55. The second-order valence-electron chi connectivity index (χ2n) is 5.08. The van der Waals surface area contributed by atoms with Crippen molar-refractivity contribution < 1.29 is 4.74 Å². The number of nitrogens with one attached hydrogen (secondary N) is 1. The number of rotatable bonds is 7. The van der Waals surface area contributed by atoms with E-state index in [0.717, 1.165) is 28.4 Å². The number of anilines is 1. The average molecular weight is 354 g/mol. The molecule has 3 aromatic rings. The second kappa shape index (κ2) is 7.80. The van der Waals surface area contributed by atoms with Gasteiger partial charge in [0.05, 0.1) is 48.2 Å². The van der Waals surface area contributed by atoms with E-state index in [1.165, 1.54) is 7.11 Å². The van der Waals surface area contributed by atoms with Gasteiger partial charge in [0.25, 0.3) is 0 Å². The van der Waals surface area contributed by atoms with E-state index in [0.29, 0.717) is 11.9 Å². The van der Waals surface area contributed by atoms with E-state index in [2.05, 4.69) is 32.0 Å². The number of aliphatic imine (C=N–C) groups is 1. The molecule has 7 nitrogen and oxygen atoms in total. The zero-order valence-electron chi connectivity index (χ0n) is 14.0. The lowest BCUT2D eigenvalue weighted by Gasteiger charge is -2.06. The number of nitrogens with zero attached hydrogens (tertiary/aromatic N) is 5. The summed E-state index contributed by atoms with van der Waals surface area (Å²) in [6.07, 6.45) is 5.33. The standard InChI is InChI=1S/C17H18N6OS/c1-12-16(23-7-5-4-6-15(23)22-12)14(18-2)10-25-11-21-13-8-19-17(24-3)20-9-13/h4-10,21H,2,11H2,1,3H3/b14-10-. The van der Waals surface area contributed by atoms with Crippen LogP contribution >= 0.6 is 11.8 Å². The molecule has 0 unspecified atom stereocenters. The van der Waals surface area contributed by atoms with Crippen LogP contribution in [0.25, 0.3) is 11.3 Å². The molecule has 0 spiro atoms. The Hall–Kier alpha value is -2.87. The summed E-state index contributed by atoms with van der Waals surface area (Å²) < 4.78 is 6.95. The van der Waals surface area contributed by atoms with E-state index in [-0.39, 0.29) is 0 Å². The lowest BCUT2D eigenvalue weighted by Crippen LogP contribution is -1.99. The van der Waals surface area contributed by atoms with Gasteiger partial charge >= 0.3 is 6.01 Å². The fraction of sp³-hybridized carbons (Fsp3) is 0.176. The first-order valence-corrected chi connectivity index (χ1v) is 8.60. The maximum absolute atomic E-state index is 4.94. The topological polar surface area (TPSA) is 76.7 Å². The Balaban J connectivity index is 1.70. The Labute approximate surface area is 149 Å². The third-order valence-corrected chi connectivity index (χ3v) is 4.18. The molecule has 3 aromatic heterocycles. The zero-order valence-corrected chi connectivity index (χ0v) is 14.8. The molecule has 0 aromatic carbocycles. The van der Waals surface area contributed by atoms with Gasteiger partial charge in [-0.3, -0.25) is 9.39 Å². The molecule has 0 aliphatic heterocycles. The monoisotopic (exact) mass is 354 g/mol. The molecule has 8 heteroatoms. The van der Waals surface area contributed by atoms with Crippen LogP contribution in [0.1, 0.15) is 11.4 Å². The van der Waals surface area contributed by atoms with Gasteiger partial charge in [-0.05, 0) is 25.8 Å². The van der Waals surface area contributed by atoms with Gasteiger partial charge in [0.1, 0.15) is 5.65 Å². The predicted octanol–water partition coefficient (Wildman–Crippen LogP) is 3.24. The van der Waals surface area contributed by atoms with Crippen molar-refractivity contribution in [1.82, 2.24) is 19.4 Å². The van der Waals surface area contributed by atoms with E-state index < -0.39 is 0 Å². The number of thioether (sulfide) groups is 1. The molecule has 3 rings (SSSR count). The van der Waals surface area contributed by atoms with E-state index in [9.17, 15) is 0 Å². The summed E-state index contributed by atoms with van der Waals surface area (Å²) in [4.78, 5) is 16.8. The number of imidazole rings is 1. The van der Waals surface area contributed by atoms with Crippen molar-refractivity contribution in [2.75, 3.05) is 18.3 Å². The molecule has 0 aliphatic rings. The highest BCUT2D eigenvalue weighted by molar-refractivity contribution is 8.02. The van der Waals surface area contributed by atoms with E-state index in [1.807, 2.05) is 41.1 Å². The first kappa shape index (κ1) is 17.0. The number of hydrogen-bond acceptors (Lipinski definition) is 7. The number of ether oxygens (including phenoxy) is 1. The Kier molecular flexibility index (Phi) is 5.30. The van der Waals surface area contributed by atoms with Gasteiger partial charge in [-0.1, -0.05) is 6.07 Å². The Morgan fingerprint density at radius 3 is 2.92 bits per heavy atom. The van der Waals surface area contributed by atoms with Gasteiger partial charge in [-0.15, -0.1) is 11.8 Å². The molecule has 0 saturated carbocycles. The minimum Gasteiger partial charge on any atom is -0.467 e. The van der Waals surface area contributed by atoms with Crippen LogP contribution in [-0.2, 0) is 0 Å². The lowest BCUT2D eigenvalue weighted by molar-refractivity contribution is 0.380. The molecule has 0 fully saturated rings. The van der Waals surface area contributed by atoms with Crippen molar-refractivity contribution >= 4 is 35.5 Å².